The van der Waals surface area contributed by atoms with Gasteiger partial charge in [-0.15, -0.1) is 5.10 Å². The highest BCUT2D eigenvalue weighted by molar-refractivity contribution is 5.30. The van der Waals surface area contributed by atoms with Crippen LogP contribution < -0.4 is 10.2 Å². The number of aromatic nitrogens is 3. The number of nitrogens with one attached hydrogen (secondary N) is 2. The number of piperidine rings is 1. The summed E-state index contributed by atoms with van der Waals surface area (Å²) in [5.41, 5.74) is -0.963. The molecule has 0 aliphatic carbocycles. The van der Waals surface area contributed by atoms with Gasteiger partial charge in [0.2, 0.25) is 5.95 Å². The maximum atomic E-state index is 9.85. The molecule has 0 aromatic carbocycles. The van der Waals surface area contributed by atoms with Crippen LogP contribution in [0.15, 0.2) is 0 Å². The molecule has 2 rings (SSSR count). The Labute approximate surface area is 108 Å². The van der Waals surface area contributed by atoms with E-state index in [0.29, 0.717) is 11.8 Å². The van der Waals surface area contributed by atoms with E-state index in [1.807, 2.05) is 7.05 Å². The molecule has 1 aromatic heterocycles. The van der Waals surface area contributed by atoms with Crippen LogP contribution in [-0.2, 0) is 5.60 Å². The van der Waals surface area contributed by atoms with E-state index < -0.39 is 5.60 Å². The molecular formula is C12H23N5O. The van der Waals surface area contributed by atoms with Gasteiger partial charge in [-0.2, -0.15) is 4.98 Å². The van der Waals surface area contributed by atoms with Crippen molar-refractivity contribution in [2.75, 3.05) is 31.6 Å². The fourth-order valence-corrected chi connectivity index (χ4v) is 2.29. The molecule has 6 heteroatoms. The Bertz CT molecular complexity index is 376. The Morgan fingerprint density at radius 2 is 2.11 bits per heavy atom. The fraction of sp³-hybridized carbons (Fsp3) is 0.833. The third-order valence-electron chi connectivity index (χ3n) is 3.44. The molecule has 0 atom stereocenters. The van der Waals surface area contributed by atoms with Gasteiger partial charge in [0, 0.05) is 13.1 Å². The van der Waals surface area contributed by atoms with Crippen molar-refractivity contribution in [3.05, 3.63) is 5.82 Å². The predicted octanol–water partition coefficient (Wildman–Crippen LogP) is 0.468. The van der Waals surface area contributed by atoms with Gasteiger partial charge in [-0.3, -0.25) is 5.10 Å². The van der Waals surface area contributed by atoms with Crippen LogP contribution in [0.2, 0.25) is 0 Å². The molecule has 1 aliphatic heterocycles. The summed E-state index contributed by atoms with van der Waals surface area (Å²) in [5, 5.41) is 20.1. The molecule has 0 bridgehead atoms. The summed E-state index contributed by atoms with van der Waals surface area (Å²) in [6, 6.07) is 0. The first-order valence-electron chi connectivity index (χ1n) is 6.55. The second-order valence-corrected chi connectivity index (χ2v) is 5.53. The molecule has 18 heavy (non-hydrogen) atoms. The zero-order valence-corrected chi connectivity index (χ0v) is 11.4. The average Bonchev–Trinajstić information content (AvgIpc) is 2.79. The van der Waals surface area contributed by atoms with E-state index in [0.717, 1.165) is 38.4 Å². The van der Waals surface area contributed by atoms with E-state index in [1.54, 1.807) is 13.8 Å². The Hall–Kier alpha value is -1.14. The van der Waals surface area contributed by atoms with Crippen LogP contribution in [-0.4, -0.2) is 47.0 Å². The van der Waals surface area contributed by atoms with Gasteiger partial charge >= 0.3 is 0 Å². The summed E-state index contributed by atoms with van der Waals surface area (Å²) in [7, 11) is 2.00. The van der Waals surface area contributed by atoms with Gasteiger partial charge in [0.25, 0.3) is 0 Å². The van der Waals surface area contributed by atoms with Gasteiger partial charge in [0.15, 0.2) is 5.82 Å². The van der Waals surface area contributed by atoms with Crippen LogP contribution in [0.4, 0.5) is 5.95 Å². The molecule has 1 aliphatic rings. The fourth-order valence-electron chi connectivity index (χ4n) is 2.29. The number of H-pyrrole nitrogens is 1. The van der Waals surface area contributed by atoms with E-state index in [1.165, 1.54) is 0 Å². The lowest BCUT2D eigenvalue weighted by molar-refractivity contribution is 0.0691. The van der Waals surface area contributed by atoms with Gasteiger partial charge < -0.3 is 15.3 Å². The van der Waals surface area contributed by atoms with E-state index in [4.69, 9.17) is 0 Å². The minimum Gasteiger partial charge on any atom is -0.382 e. The Kier molecular flexibility index (Phi) is 3.87. The number of nitrogens with zero attached hydrogens (tertiary/aromatic N) is 3. The van der Waals surface area contributed by atoms with Crippen molar-refractivity contribution in [1.29, 1.82) is 0 Å². The lowest BCUT2D eigenvalue weighted by atomic mass is 9.97. The summed E-state index contributed by atoms with van der Waals surface area (Å²) < 4.78 is 0. The topological polar surface area (TPSA) is 77.1 Å². The normalized spacial score (nSPS) is 18.3. The first kappa shape index (κ1) is 13.3. The standard InChI is InChI=1S/C12H23N5O/c1-12(2,18)10-14-11(16-15-10)17-6-4-9(5-7-17)8-13-3/h9,13,18H,4-8H2,1-3H3,(H,14,15,16). The van der Waals surface area contributed by atoms with Crippen LogP contribution in [0, 0.1) is 5.92 Å². The molecule has 6 nitrogen and oxygen atoms in total. The zero-order valence-electron chi connectivity index (χ0n) is 11.4. The number of anilines is 1. The van der Waals surface area contributed by atoms with Gasteiger partial charge in [0.1, 0.15) is 5.60 Å². The van der Waals surface area contributed by atoms with Crippen molar-refractivity contribution >= 4 is 5.95 Å². The molecule has 0 spiro atoms. The molecule has 0 amide bonds. The highest BCUT2D eigenvalue weighted by Gasteiger charge is 2.25. The van der Waals surface area contributed by atoms with Gasteiger partial charge in [-0.25, -0.2) is 0 Å². The first-order valence-corrected chi connectivity index (χ1v) is 6.55. The number of aromatic amines is 1. The second kappa shape index (κ2) is 5.24. The lowest BCUT2D eigenvalue weighted by Gasteiger charge is -2.31. The molecule has 0 unspecified atom stereocenters. The number of rotatable bonds is 4. The highest BCUT2D eigenvalue weighted by atomic mass is 16.3. The molecule has 0 radical (unpaired) electrons. The summed E-state index contributed by atoms with van der Waals surface area (Å²) in [6.45, 7) is 6.45. The quantitative estimate of drug-likeness (QED) is 0.727. The van der Waals surface area contributed by atoms with E-state index >= 15 is 0 Å². The zero-order chi connectivity index (χ0) is 13.2. The monoisotopic (exact) mass is 253 g/mol. The molecule has 0 saturated carbocycles. The highest BCUT2D eigenvalue weighted by Crippen LogP contribution is 2.22. The van der Waals surface area contributed by atoms with Crippen molar-refractivity contribution in [1.82, 2.24) is 20.5 Å². The Balaban J connectivity index is 1.95. The molecule has 2 heterocycles. The number of aliphatic hydroxyl groups is 1. The van der Waals surface area contributed by atoms with Crippen LogP contribution in [0.1, 0.15) is 32.5 Å². The van der Waals surface area contributed by atoms with Gasteiger partial charge in [-0.1, -0.05) is 0 Å². The van der Waals surface area contributed by atoms with Crippen molar-refractivity contribution in [3.63, 3.8) is 0 Å². The molecular weight excluding hydrogens is 230 g/mol. The maximum absolute atomic E-state index is 9.85. The lowest BCUT2D eigenvalue weighted by Crippen LogP contribution is -2.37. The minimum absolute atomic E-state index is 0.523. The van der Waals surface area contributed by atoms with Crippen molar-refractivity contribution < 1.29 is 5.11 Å². The van der Waals surface area contributed by atoms with Gasteiger partial charge in [0.05, 0.1) is 0 Å². The summed E-state index contributed by atoms with van der Waals surface area (Å²) in [4.78, 5) is 6.55. The first-order chi connectivity index (χ1) is 8.50. The minimum atomic E-state index is -0.963. The molecule has 1 fully saturated rings. The van der Waals surface area contributed by atoms with E-state index in [-0.39, 0.29) is 0 Å². The van der Waals surface area contributed by atoms with Crippen LogP contribution in [0.5, 0.6) is 0 Å². The Morgan fingerprint density at radius 3 is 2.61 bits per heavy atom. The largest absolute Gasteiger partial charge is 0.382 e. The predicted molar refractivity (Wildman–Crippen MR) is 70.5 cm³/mol. The van der Waals surface area contributed by atoms with Crippen molar-refractivity contribution in [2.45, 2.75) is 32.3 Å². The average molecular weight is 253 g/mol. The van der Waals surface area contributed by atoms with Crippen LogP contribution >= 0.6 is 0 Å². The third kappa shape index (κ3) is 3.00. The summed E-state index contributed by atoms with van der Waals surface area (Å²) >= 11 is 0. The molecule has 1 aromatic rings. The van der Waals surface area contributed by atoms with Crippen LogP contribution in [0.3, 0.4) is 0 Å². The molecule has 1 saturated heterocycles. The molecule has 102 valence electrons. The smallest absolute Gasteiger partial charge is 0.244 e. The number of hydrogen-bond donors (Lipinski definition) is 3. The van der Waals surface area contributed by atoms with Gasteiger partial charge in [-0.05, 0) is 46.2 Å². The van der Waals surface area contributed by atoms with E-state index in [2.05, 4.69) is 25.4 Å². The van der Waals surface area contributed by atoms with E-state index in [9.17, 15) is 5.11 Å². The Morgan fingerprint density at radius 1 is 1.44 bits per heavy atom. The maximum Gasteiger partial charge on any atom is 0.244 e. The summed E-state index contributed by atoms with van der Waals surface area (Å²) in [5.74, 6) is 1.98. The second-order valence-electron chi connectivity index (χ2n) is 5.53. The third-order valence-corrected chi connectivity index (χ3v) is 3.44. The van der Waals surface area contributed by atoms with Crippen molar-refractivity contribution in [3.8, 4) is 0 Å². The van der Waals surface area contributed by atoms with Crippen LogP contribution in [0.25, 0.3) is 0 Å². The number of hydrogen-bond acceptors (Lipinski definition) is 5. The SMILES string of the molecule is CNCC1CCN(c2n[nH]c(C(C)(C)O)n2)CC1. The summed E-state index contributed by atoms with van der Waals surface area (Å²) in [6.07, 6.45) is 2.32. The molecule has 3 N–H and O–H groups in total. The van der Waals surface area contributed by atoms with Crippen molar-refractivity contribution in [2.24, 2.45) is 5.92 Å².